The predicted molar refractivity (Wildman–Crippen MR) is 77.3 cm³/mol. The molecule has 3 nitrogen and oxygen atoms in total. The fraction of sp³-hybridized carbons (Fsp3) is 0.133. The molecule has 0 amide bonds. The van der Waals surface area contributed by atoms with Gasteiger partial charge in [0.25, 0.3) is 0 Å². The first-order chi connectivity index (χ1) is 10.2. The van der Waals surface area contributed by atoms with E-state index < -0.39 is 12.1 Å². The fourth-order valence-corrected chi connectivity index (χ4v) is 2.00. The van der Waals surface area contributed by atoms with Crippen molar-refractivity contribution in [3.8, 4) is 17.2 Å². The Balaban J connectivity index is 2.26. The molecule has 0 fully saturated rings. The third kappa shape index (κ3) is 4.49. The van der Waals surface area contributed by atoms with Crippen molar-refractivity contribution in [1.29, 1.82) is 0 Å². The van der Waals surface area contributed by atoms with Crippen LogP contribution in [0, 0.1) is 0 Å². The second-order valence-corrected chi connectivity index (χ2v) is 5.24. The van der Waals surface area contributed by atoms with Crippen LogP contribution >= 0.6 is 15.9 Å². The molecule has 0 saturated heterocycles. The van der Waals surface area contributed by atoms with Crippen LogP contribution in [-0.2, 0) is 0 Å². The Morgan fingerprint density at radius 2 is 1.68 bits per heavy atom. The molecule has 0 aromatic heterocycles. The van der Waals surface area contributed by atoms with Gasteiger partial charge < -0.3 is 9.47 Å². The van der Waals surface area contributed by atoms with E-state index in [9.17, 15) is 18.0 Å². The molecule has 0 aliphatic heterocycles. The maximum absolute atomic E-state index is 12.4. The molecular formula is C15H10BrF3O3. The molecule has 0 spiro atoms. The molecule has 2 aromatic rings. The minimum atomic E-state index is -4.82. The highest BCUT2D eigenvalue weighted by Crippen LogP contribution is 2.37. The predicted octanol–water partition coefficient (Wildman–Crippen LogP) is 5.34. The van der Waals surface area contributed by atoms with Gasteiger partial charge in [-0.1, -0.05) is 15.9 Å². The van der Waals surface area contributed by atoms with Crippen LogP contribution in [0.3, 0.4) is 0 Å². The number of benzene rings is 2. The molecule has 0 N–H and O–H groups in total. The van der Waals surface area contributed by atoms with E-state index in [4.69, 9.17) is 4.74 Å². The summed E-state index contributed by atoms with van der Waals surface area (Å²) in [6.07, 6.45) is -4.82. The van der Waals surface area contributed by atoms with Crippen LogP contribution in [-0.4, -0.2) is 12.1 Å². The summed E-state index contributed by atoms with van der Waals surface area (Å²) in [5, 5.41) is 0. The van der Waals surface area contributed by atoms with Gasteiger partial charge >= 0.3 is 6.36 Å². The highest BCUT2D eigenvalue weighted by molar-refractivity contribution is 9.10. The van der Waals surface area contributed by atoms with Gasteiger partial charge in [0.05, 0.1) is 0 Å². The normalized spacial score (nSPS) is 11.1. The van der Waals surface area contributed by atoms with Crippen LogP contribution in [0.2, 0.25) is 0 Å². The second kappa shape index (κ2) is 6.39. The van der Waals surface area contributed by atoms with E-state index in [-0.39, 0.29) is 11.5 Å². The van der Waals surface area contributed by atoms with Gasteiger partial charge in [0.2, 0.25) is 0 Å². The van der Waals surface area contributed by atoms with E-state index in [1.54, 1.807) is 0 Å². The first-order valence-electron chi connectivity index (χ1n) is 6.09. The largest absolute Gasteiger partial charge is 0.573 e. The Morgan fingerprint density at radius 3 is 2.23 bits per heavy atom. The highest BCUT2D eigenvalue weighted by Gasteiger charge is 2.32. The molecule has 0 unspecified atom stereocenters. The summed E-state index contributed by atoms with van der Waals surface area (Å²) in [7, 11) is 0. The number of carbonyl (C=O) groups is 1. The lowest BCUT2D eigenvalue weighted by molar-refractivity contribution is -0.275. The minimum Gasteiger partial charge on any atom is -0.453 e. The summed E-state index contributed by atoms with van der Waals surface area (Å²) in [6, 6.07) is 10.1. The zero-order chi connectivity index (χ0) is 16.3. The monoisotopic (exact) mass is 374 g/mol. The lowest BCUT2D eigenvalue weighted by Gasteiger charge is -2.14. The van der Waals surface area contributed by atoms with E-state index in [1.165, 1.54) is 43.3 Å². The minimum absolute atomic E-state index is 0.0869. The van der Waals surface area contributed by atoms with Crippen LogP contribution in [0.4, 0.5) is 13.2 Å². The highest BCUT2D eigenvalue weighted by atomic mass is 79.9. The average Bonchev–Trinajstić information content (AvgIpc) is 2.41. The zero-order valence-corrected chi connectivity index (χ0v) is 12.9. The Morgan fingerprint density at radius 1 is 1.05 bits per heavy atom. The van der Waals surface area contributed by atoms with E-state index in [0.29, 0.717) is 15.8 Å². The van der Waals surface area contributed by atoms with Crippen molar-refractivity contribution >= 4 is 21.7 Å². The van der Waals surface area contributed by atoms with Gasteiger partial charge in [-0.2, -0.15) is 0 Å². The molecule has 7 heteroatoms. The van der Waals surface area contributed by atoms with Crippen molar-refractivity contribution in [1.82, 2.24) is 0 Å². The summed E-state index contributed by atoms with van der Waals surface area (Å²) < 4.78 is 47.0. The number of Topliss-reactive ketones (excluding diaryl/α,β-unsaturated/α-hetero) is 1. The molecular weight excluding hydrogens is 365 g/mol. The molecule has 22 heavy (non-hydrogen) atoms. The van der Waals surface area contributed by atoms with Gasteiger partial charge in [0, 0.05) is 10.0 Å². The van der Waals surface area contributed by atoms with Crippen LogP contribution < -0.4 is 9.47 Å². The molecule has 116 valence electrons. The molecule has 2 rings (SSSR count). The Labute approximate surface area is 132 Å². The number of ether oxygens (including phenoxy) is 2. The SMILES string of the molecule is CC(=O)c1ccc(Oc2ccc(Br)cc2OC(F)(F)F)cc1. The van der Waals surface area contributed by atoms with Gasteiger partial charge in [-0.15, -0.1) is 13.2 Å². The van der Waals surface area contributed by atoms with Gasteiger partial charge in [-0.25, -0.2) is 0 Å². The number of alkyl halides is 3. The molecule has 0 aliphatic carbocycles. The molecule has 2 aromatic carbocycles. The molecule has 0 radical (unpaired) electrons. The van der Waals surface area contributed by atoms with Gasteiger partial charge in [0.15, 0.2) is 17.3 Å². The van der Waals surface area contributed by atoms with Crippen LogP contribution in [0.1, 0.15) is 17.3 Å². The second-order valence-electron chi connectivity index (χ2n) is 4.32. The van der Waals surface area contributed by atoms with E-state index in [0.717, 1.165) is 6.07 Å². The fourth-order valence-electron chi connectivity index (χ4n) is 1.66. The summed E-state index contributed by atoms with van der Waals surface area (Å²) in [4.78, 5) is 11.2. The number of rotatable bonds is 4. The van der Waals surface area contributed by atoms with Gasteiger partial charge in [0.1, 0.15) is 5.75 Å². The van der Waals surface area contributed by atoms with Crippen molar-refractivity contribution in [2.24, 2.45) is 0 Å². The van der Waals surface area contributed by atoms with Gasteiger partial charge in [-0.05, 0) is 49.4 Å². The maximum atomic E-state index is 12.4. The Kier molecular flexibility index (Phi) is 4.75. The standard InChI is InChI=1S/C15H10BrF3O3/c1-9(20)10-2-5-12(6-3-10)21-13-7-4-11(16)8-14(13)22-15(17,18)19/h2-8H,1H3. The number of ketones is 1. The summed E-state index contributed by atoms with van der Waals surface area (Å²) in [6.45, 7) is 1.42. The summed E-state index contributed by atoms with van der Waals surface area (Å²) >= 11 is 3.07. The van der Waals surface area contributed by atoms with Crippen molar-refractivity contribution < 1.29 is 27.4 Å². The van der Waals surface area contributed by atoms with E-state index in [1.807, 2.05) is 0 Å². The quantitative estimate of drug-likeness (QED) is 0.677. The first-order valence-corrected chi connectivity index (χ1v) is 6.88. The lowest BCUT2D eigenvalue weighted by Crippen LogP contribution is -2.17. The third-order valence-corrected chi connectivity index (χ3v) is 3.11. The maximum Gasteiger partial charge on any atom is 0.573 e. The number of hydrogen-bond donors (Lipinski definition) is 0. The molecule has 0 saturated carbocycles. The first kappa shape index (κ1) is 16.4. The Hall–Kier alpha value is -2.02. The van der Waals surface area contributed by atoms with Crippen LogP contribution in [0.5, 0.6) is 17.2 Å². The summed E-state index contributed by atoms with van der Waals surface area (Å²) in [5.41, 5.74) is 0.481. The van der Waals surface area contributed by atoms with Crippen molar-refractivity contribution in [3.63, 3.8) is 0 Å². The molecule has 0 atom stereocenters. The third-order valence-electron chi connectivity index (χ3n) is 2.62. The van der Waals surface area contributed by atoms with Gasteiger partial charge in [-0.3, -0.25) is 4.79 Å². The lowest BCUT2D eigenvalue weighted by atomic mass is 10.1. The van der Waals surface area contributed by atoms with Crippen LogP contribution in [0.15, 0.2) is 46.9 Å². The number of hydrogen-bond acceptors (Lipinski definition) is 3. The molecule has 0 aliphatic rings. The van der Waals surface area contributed by atoms with Crippen LogP contribution in [0.25, 0.3) is 0 Å². The topological polar surface area (TPSA) is 35.5 Å². The smallest absolute Gasteiger partial charge is 0.453 e. The number of carbonyl (C=O) groups excluding carboxylic acids is 1. The zero-order valence-electron chi connectivity index (χ0n) is 11.3. The van der Waals surface area contributed by atoms with Crippen molar-refractivity contribution in [2.45, 2.75) is 13.3 Å². The van der Waals surface area contributed by atoms with Crippen molar-refractivity contribution in [3.05, 3.63) is 52.5 Å². The molecule has 0 heterocycles. The molecule has 0 bridgehead atoms. The average molecular weight is 375 g/mol. The number of halogens is 4. The Bertz CT molecular complexity index is 681. The van der Waals surface area contributed by atoms with Crippen molar-refractivity contribution in [2.75, 3.05) is 0 Å². The van der Waals surface area contributed by atoms with E-state index >= 15 is 0 Å². The summed E-state index contributed by atoms with van der Waals surface area (Å²) in [5.74, 6) is -0.371. The van der Waals surface area contributed by atoms with E-state index in [2.05, 4.69) is 20.7 Å².